The molecular weight excluding hydrogens is 334 g/mol. The molecule has 0 N–H and O–H groups in total. The van der Waals surface area contributed by atoms with Crippen molar-refractivity contribution in [2.75, 3.05) is 0 Å². The highest BCUT2D eigenvalue weighted by Crippen LogP contribution is 2.50. The molecule has 2 aliphatic carbocycles. The fourth-order valence-corrected chi connectivity index (χ4v) is 3.09. The molecule has 0 saturated carbocycles. The van der Waals surface area contributed by atoms with Crippen molar-refractivity contribution >= 4 is 0 Å². The Morgan fingerprint density at radius 1 is 0.708 bits per heavy atom. The van der Waals surface area contributed by atoms with Crippen LogP contribution in [0.4, 0.5) is 26.3 Å². The molecule has 4 rings (SSSR count). The van der Waals surface area contributed by atoms with Gasteiger partial charge in [-0.05, 0) is 29.8 Å². The van der Waals surface area contributed by atoms with Gasteiger partial charge in [-0.15, -0.1) is 0 Å². The average molecular weight is 340 g/mol. The zero-order chi connectivity index (χ0) is 17.2. The number of allylic oxidation sites excluding steroid dienone is 4. The van der Waals surface area contributed by atoms with E-state index >= 15 is 0 Å². The molecule has 0 radical (unpaired) electrons. The normalized spacial score (nSPS) is 21.4. The molecule has 1 aromatic carbocycles. The number of halogens is 6. The lowest BCUT2D eigenvalue weighted by atomic mass is 9.73. The van der Waals surface area contributed by atoms with Crippen LogP contribution in [0.5, 0.6) is 0 Å². The summed E-state index contributed by atoms with van der Waals surface area (Å²) < 4.78 is 81.4. The first-order valence-electron chi connectivity index (χ1n) is 6.84. The monoisotopic (exact) mass is 340 g/mol. The first-order valence-corrected chi connectivity index (χ1v) is 6.84. The van der Waals surface area contributed by atoms with Crippen LogP contribution in [0.3, 0.4) is 0 Å². The lowest BCUT2D eigenvalue weighted by Crippen LogP contribution is -2.22. The minimum atomic E-state index is -1.52. The highest BCUT2D eigenvalue weighted by atomic mass is 19.2. The first-order chi connectivity index (χ1) is 11.4. The van der Waals surface area contributed by atoms with Gasteiger partial charge in [0.15, 0.2) is 23.3 Å². The molecule has 0 saturated heterocycles. The van der Waals surface area contributed by atoms with E-state index in [2.05, 4.69) is 9.97 Å². The van der Waals surface area contributed by atoms with Crippen molar-refractivity contribution in [2.45, 2.75) is 11.8 Å². The highest BCUT2D eigenvalue weighted by molar-refractivity contribution is 5.72. The van der Waals surface area contributed by atoms with Gasteiger partial charge in [0.25, 0.3) is 11.9 Å². The SMILES string of the molecule is FC1=CC2c3cc(F)c(F)cc3-c3nc(F)c(F)nc3C2C=C1F. The molecule has 2 atom stereocenters. The average Bonchev–Trinajstić information content (AvgIpc) is 2.53. The Balaban J connectivity index is 2.07. The molecule has 0 amide bonds. The van der Waals surface area contributed by atoms with E-state index in [9.17, 15) is 26.3 Å². The van der Waals surface area contributed by atoms with E-state index in [4.69, 9.17) is 0 Å². The number of hydrogen-bond donors (Lipinski definition) is 0. The second-order valence-corrected chi connectivity index (χ2v) is 5.47. The van der Waals surface area contributed by atoms with E-state index in [1.165, 1.54) is 0 Å². The minimum Gasteiger partial charge on any atom is -0.218 e. The third-order valence-corrected chi connectivity index (χ3v) is 4.13. The van der Waals surface area contributed by atoms with Gasteiger partial charge in [-0.3, -0.25) is 0 Å². The summed E-state index contributed by atoms with van der Waals surface area (Å²) in [4.78, 5) is 6.83. The number of hydrogen-bond acceptors (Lipinski definition) is 2. The van der Waals surface area contributed by atoms with Crippen LogP contribution in [0.1, 0.15) is 23.1 Å². The molecule has 0 bridgehead atoms. The summed E-state index contributed by atoms with van der Waals surface area (Å²) in [6.45, 7) is 0. The summed E-state index contributed by atoms with van der Waals surface area (Å²) >= 11 is 0. The maximum absolute atomic E-state index is 13.6. The predicted molar refractivity (Wildman–Crippen MR) is 71.2 cm³/mol. The number of aromatic nitrogens is 2. The van der Waals surface area contributed by atoms with Crippen LogP contribution in [0, 0.1) is 23.5 Å². The van der Waals surface area contributed by atoms with Crippen LogP contribution < -0.4 is 0 Å². The molecule has 0 aliphatic heterocycles. The molecule has 2 nitrogen and oxygen atoms in total. The molecule has 0 spiro atoms. The van der Waals surface area contributed by atoms with Gasteiger partial charge in [0.05, 0.1) is 11.4 Å². The molecule has 122 valence electrons. The second kappa shape index (κ2) is 4.93. The Bertz CT molecular complexity index is 873. The molecule has 2 aromatic rings. The largest absolute Gasteiger partial charge is 0.269 e. The lowest BCUT2D eigenvalue weighted by molar-refractivity contribution is 0.440. The fourth-order valence-electron chi connectivity index (χ4n) is 3.09. The predicted octanol–water partition coefficient (Wildman–Crippen LogP) is 4.60. The van der Waals surface area contributed by atoms with E-state index < -0.39 is 47.0 Å². The minimum absolute atomic E-state index is 0.0451. The summed E-state index contributed by atoms with van der Waals surface area (Å²) in [6, 6.07) is 1.57. The fraction of sp³-hybridized carbons (Fsp3) is 0.125. The van der Waals surface area contributed by atoms with Crippen molar-refractivity contribution in [1.29, 1.82) is 0 Å². The van der Waals surface area contributed by atoms with Crippen LogP contribution in [-0.4, -0.2) is 9.97 Å². The molecule has 1 heterocycles. The number of benzene rings is 1. The summed E-state index contributed by atoms with van der Waals surface area (Å²) in [5.41, 5.74) is -0.359. The number of rotatable bonds is 0. The standard InChI is InChI=1S/C16H6F6N2/c17-9-1-5-6-2-10(18)12(20)4-8(6)14-13(7(5)3-11(9)19)23-15(21)16(22)24-14/h1-5,7H. The molecule has 8 heteroatoms. The van der Waals surface area contributed by atoms with Gasteiger partial charge in [-0.2, -0.15) is 8.78 Å². The second-order valence-electron chi connectivity index (χ2n) is 5.47. The van der Waals surface area contributed by atoms with E-state index in [0.717, 1.165) is 24.3 Å². The van der Waals surface area contributed by atoms with Crippen molar-refractivity contribution in [1.82, 2.24) is 9.97 Å². The van der Waals surface area contributed by atoms with Crippen molar-refractivity contribution < 1.29 is 26.3 Å². The first kappa shape index (κ1) is 14.9. The summed E-state index contributed by atoms with van der Waals surface area (Å²) in [5.74, 6) is -9.79. The van der Waals surface area contributed by atoms with Crippen LogP contribution in [0.15, 0.2) is 35.9 Å². The smallest absolute Gasteiger partial charge is 0.218 e. The Morgan fingerprint density at radius 3 is 2.00 bits per heavy atom. The van der Waals surface area contributed by atoms with Crippen molar-refractivity contribution in [2.24, 2.45) is 0 Å². The van der Waals surface area contributed by atoms with Crippen molar-refractivity contribution in [3.63, 3.8) is 0 Å². The van der Waals surface area contributed by atoms with Crippen LogP contribution >= 0.6 is 0 Å². The van der Waals surface area contributed by atoms with Crippen molar-refractivity contribution in [3.8, 4) is 11.3 Å². The third-order valence-electron chi connectivity index (χ3n) is 4.13. The third kappa shape index (κ3) is 1.98. The molecule has 2 aliphatic rings. The maximum Gasteiger partial charge on any atom is 0.269 e. The van der Waals surface area contributed by atoms with Gasteiger partial charge in [-0.1, -0.05) is 0 Å². The molecular formula is C16H6F6N2. The van der Waals surface area contributed by atoms with Crippen LogP contribution in [0.25, 0.3) is 11.3 Å². The van der Waals surface area contributed by atoms with E-state index in [-0.39, 0.29) is 22.5 Å². The van der Waals surface area contributed by atoms with Gasteiger partial charge in [0, 0.05) is 17.4 Å². The molecule has 1 aromatic heterocycles. The van der Waals surface area contributed by atoms with Gasteiger partial charge in [0.1, 0.15) is 0 Å². The lowest BCUT2D eigenvalue weighted by Gasteiger charge is -2.32. The Labute approximate surface area is 131 Å². The Morgan fingerprint density at radius 2 is 1.29 bits per heavy atom. The topological polar surface area (TPSA) is 25.8 Å². The zero-order valence-electron chi connectivity index (χ0n) is 11.6. The maximum atomic E-state index is 13.6. The summed E-state index contributed by atoms with van der Waals surface area (Å²) in [6.07, 6.45) is 1.72. The molecule has 0 fully saturated rings. The van der Waals surface area contributed by atoms with Gasteiger partial charge in [0.2, 0.25) is 0 Å². The van der Waals surface area contributed by atoms with Gasteiger partial charge >= 0.3 is 0 Å². The quantitative estimate of drug-likeness (QED) is 0.655. The van der Waals surface area contributed by atoms with Crippen LogP contribution in [0.2, 0.25) is 0 Å². The number of nitrogens with zero attached hydrogens (tertiary/aromatic N) is 2. The van der Waals surface area contributed by atoms with E-state index in [1.807, 2.05) is 0 Å². The number of fused-ring (bicyclic) bond motifs is 6. The molecule has 24 heavy (non-hydrogen) atoms. The summed E-state index contributed by atoms with van der Waals surface area (Å²) in [7, 11) is 0. The summed E-state index contributed by atoms with van der Waals surface area (Å²) in [5, 5.41) is 0. The zero-order valence-corrected chi connectivity index (χ0v) is 11.6. The van der Waals surface area contributed by atoms with Crippen molar-refractivity contribution in [3.05, 3.63) is 70.7 Å². The Hall–Kier alpha value is -2.64. The van der Waals surface area contributed by atoms with Gasteiger partial charge < -0.3 is 0 Å². The highest BCUT2D eigenvalue weighted by Gasteiger charge is 2.39. The van der Waals surface area contributed by atoms with E-state index in [1.54, 1.807) is 0 Å². The van der Waals surface area contributed by atoms with Gasteiger partial charge in [-0.25, -0.2) is 27.5 Å². The van der Waals surface area contributed by atoms with Crippen LogP contribution in [-0.2, 0) is 0 Å². The van der Waals surface area contributed by atoms with E-state index in [0.29, 0.717) is 0 Å². The molecule has 2 unspecified atom stereocenters. The Kier molecular flexibility index (Phi) is 3.06.